The van der Waals surface area contributed by atoms with Crippen molar-refractivity contribution in [2.75, 3.05) is 45.9 Å². The molecule has 0 aliphatic carbocycles. The van der Waals surface area contributed by atoms with Crippen molar-refractivity contribution in [3.8, 4) is 0 Å². The van der Waals surface area contributed by atoms with Crippen molar-refractivity contribution >= 4 is 11.8 Å². The Bertz CT molecular complexity index is 252. The van der Waals surface area contributed by atoms with Gasteiger partial charge in [-0.3, -0.25) is 9.59 Å². The molecule has 1 aliphatic rings. The number of carbonyl (C=O) groups is 2. The fourth-order valence-electron chi connectivity index (χ4n) is 1.54. The van der Waals surface area contributed by atoms with Gasteiger partial charge in [0, 0.05) is 13.1 Å². The Morgan fingerprint density at radius 3 is 2.59 bits per heavy atom. The van der Waals surface area contributed by atoms with Crippen LogP contribution in [-0.2, 0) is 14.3 Å². The maximum Gasteiger partial charge on any atom is 0.242 e. The van der Waals surface area contributed by atoms with Gasteiger partial charge in [0.05, 0.1) is 26.3 Å². The molecule has 0 saturated carbocycles. The molecule has 1 rings (SSSR count). The fourth-order valence-corrected chi connectivity index (χ4v) is 1.54. The molecule has 1 heterocycles. The summed E-state index contributed by atoms with van der Waals surface area (Å²) in [4.78, 5) is 24.7. The molecule has 1 fully saturated rings. The van der Waals surface area contributed by atoms with Crippen LogP contribution in [0.1, 0.15) is 13.3 Å². The molecule has 0 radical (unpaired) electrons. The van der Waals surface area contributed by atoms with Gasteiger partial charge in [0.25, 0.3) is 0 Å². The van der Waals surface area contributed by atoms with Gasteiger partial charge in [0.1, 0.15) is 0 Å². The second-order valence-electron chi connectivity index (χ2n) is 3.95. The zero-order valence-corrected chi connectivity index (χ0v) is 10.3. The van der Waals surface area contributed by atoms with Gasteiger partial charge in [-0.2, -0.15) is 0 Å². The highest BCUT2D eigenvalue weighted by atomic mass is 16.5. The second-order valence-corrected chi connectivity index (χ2v) is 3.95. The van der Waals surface area contributed by atoms with E-state index < -0.39 is 0 Å². The highest BCUT2D eigenvalue weighted by molar-refractivity contribution is 5.85. The number of hydrogen-bond acceptors (Lipinski definition) is 4. The minimum absolute atomic E-state index is 0.0443. The van der Waals surface area contributed by atoms with E-state index in [0.29, 0.717) is 26.3 Å². The number of hydrogen-bond donors (Lipinski definition) is 2. The molecule has 0 aromatic heterocycles. The fraction of sp³-hybridized carbons (Fsp3) is 0.818. The van der Waals surface area contributed by atoms with Gasteiger partial charge >= 0.3 is 0 Å². The van der Waals surface area contributed by atoms with Crippen LogP contribution in [0.2, 0.25) is 0 Å². The van der Waals surface area contributed by atoms with Crippen molar-refractivity contribution in [1.82, 2.24) is 15.5 Å². The van der Waals surface area contributed by atoms with E-state index in [1.165, 1.54) is 0 Å². The van der Waals surface area contributed by atoms with E-state index in [0.717, 1.165) is 13.0 Å². The molecule has 0 unspecified atom stereocenters. The molecular formula is C11H21N3O3. The number of rotatable bonds is 6. The van der Waals surface area contributed by atoms with Crippen molar-refractivity contribution in [1.29, 1.82) is 0 Å². The predicted octanol–water partition coefficient (Wildman–Crippen LogP) is -1.04. The van der Waals surface area contributed by atoms with Crippen molar-refractivity contribution < 1.29 is 14.3 Å². The van der Waals surface area contributed by atoms with Gasteiger partial charge in [-0.05, 0) is 13.0 Å². The Morgan fingerprint density at radius 2 is 1.94 bits per heavy atom. The summed E-state index contributed by atoms with van der Waals surface area (Å²) in [7, 11) is 0. The summed E-state index contributed by atoms with van der Waals surface area (Å²) < 4.78 is 5.15. The standard InChI is InChI=1S/C11H21N3O3/c1-2-3-12-8-10(15)13-9-11(16)14-4-6-17-7-5-14/h12H,2-9H2,1H3,(H,13,15). The molecule has 2 N–H and O–H groups in total. The van der Waals surface area contributed by atoms with Crippen molar-refractivity contribution in [3.63, 3.8) is 0 Å². The minimum atomic E-state index is -0.139. The van der Waals surface area contributed by atoms with Crippen LogP contribution < -0.4 is 10.6 Å². The first-order valence-electron chi connectivity index (χ1n) is 6.07. The highest BCUT2D eigenvalue weighted by Crippen LogP contribution is 1.96. The van der Waals surface area contributed by atoms with Crippen molar-refractivity contribution in [3.05, 3.63) is 0 Å². The number of nitrogens with zero attached hydrogens (tertiary/aromatic N) is 1. The van der Waals surface area contributed by atoms with E-state index in [2.05, 4.69) is 10.6 Å². The average Bonchev–Trinajstić information content (AvgIpc) is 2.37. The molecule has 0 bridgehead atoms. The van der Waals surface area contributed by atoms with Crippen LogP contribution in [-0.4, -0.2) is 62.7 Å². The zero-order chi connectivity index (χ0) is 12.5. The second kappa shape index (κ2) is 8.03. The maximum absolute atomic E-state index is 11.7. The van der Waals surface area contributed by atoms with Gasteiger partial charge < -0.3 is 20.3 Å². The lowest BCUT2D eigenvalue weighted by Crippen LogP contribution is -2.46. The number of carbonyl (C=O) groups excluding carboxylic acids is 2. The first kappa shape index (κ1) is 13.9. The monoisotopic (exact) mass is 243 g/mol. The van der Waals surface area contributed by atoms with E-state index >= 15 is 0 Å². The van der Waals surface area contributed by atoms with Crippen LogP contribution in [0, 0.1) is 0 Å². The third-order valence-corrected chi connectivity index (χ3v) is 2.51. The van der Waals surface area contributed by atoms with E-state index in [-0.39, 0.29) is 24.9 Å². The van der Waals surface area contributed by atoms with Crippen LogP contribution in [0.5, 0.6) is 0 Å². The Kier molecular flexibility index (Phi) is 6.57. The Hall–Kier alpha value is -1.14. The molecule has 0 atom stereocenters. The van der Waals surface area contributed by atoms with Crippen LogP contribution in [0.15, 0.2) is 0 Å². The number of ether oxygens (including phenoxy) is 1. The number of amides is 2. The summed E-state index contributed by atoms with van der Waals surface area (Å²) in [5.74, 6) is -0.183. The maximum atomic E-state index is 11.7. The molecule has 98 valence electrons. The molecule has 1 saturated heterocycles. The summed E-state index contributed by atoms with van der Waals surface area (Å²) in [5.41, 5.74) is 0. The Balaban J connectivity index is 2.11. The van der Waals surface area contributed by atoms with Crippen LogP contribution in [0.4, 0.5) is 0 Å². The first-order valence-corrected chi connectivity index (χ1v) is 6.07. The summed E-state index contributed by atoms with van der Waals surface area (Å²) in [6.45, 7) is 5.58. The largest absolute Gasteiger partial charge is 0.378 e. The number of morpholine rings is 1. The summed E-state index contributed by atoms with van der Waals surface area (Å²) in [5, 5.41) is 5.59. The molecule has 0 aromatic rings. The van der Waals surface area contributed by atoms with Gasteiger partial charge in [-0.25, -0.2) is 0 Å². The SMILES string of the molecule is CCCNCC(=O)NCC(=O)N1CCOCC1. The lowest BCUT2D eigenvalue weighted by Gasteiger charge is -2.26. The number of nitrogens with one attached hydrogen (secondary N) is 2. The lowest BCUT2D eigenvalue weighted by atomic mass is 10.4. The van der Waals surface area contributed by atoms with E-state index in [1.807, 2.05) is 6.92 Å². The molecule has 0 spiro atoms. The van der Waals surface area contributed by atoms with E-state index in [1.54, 1.807) is 4.90 Å². The molecule has 17 heavy (non-hydrogen) atoms. The van der Waals surface area contributed by atoms with E-state index in [4.69, 9.17) is 4.74 Å². The van der Waals surface area contributed by atoms with Gasteiger partial charge in [-0.1, -0.05) is 6.92 Å². The Labute approximate surface area is 102 Å². The quantitative estimate of drug-likeness (QED) is 0.585. The van der Waals surface area contributed by atoms with Gasteiger partial charge in [0.2, 0.25) is 11.8 Å². The van der Waals surface area contributed by atoms with Crippen LogP contribution in [0.25, 0.3) is 0 Å². The molecule has 2 amide bonds. The Morgan fingerprint density at radius 1 is 1.24 bits per heavy atom. The average molecular weight is 243 g/mol. The molecule has 6 heteroatoms. The van der Waals surface area contributed by atoms with E-state index in [9.17, 15) is 9.59 Å². The molecule has 6 nitrogen and oxygen atoms in total. The normalized spacial score (nSPS) is 15.7. The minimum Gasteiger partial charge on any atom is -0.378 e. The smallest absolute Gasteiger partial charge is 0.242 e. The summed E-state index contributed by atoms with van der Waals surface area (Å²) in [6.07, 6.45) is 0.986. The third kappa shape index (κ3) is 5.65. The van der Waals surface area contributed by atoms with Crippen molar-refractivity contribution in [2.24, 2.45) is 0 Å². The van der Waals surface area contributed by atoms with Crippen molar-refractivity contribution in [2.45, 2.75) is 13.3 Å². The summed E-state index contributed by atoms with van der Waals surface area (Å²) >= 11 is 0. The third-order valence-electron chi connectivity index (χ3n) is 2.51. The molecular weight excluding hydrogens is 222 g/mol. The zero-order valence-electron chi connectivity index (χ0n) is 10.3. The van der Waals surface area contributed by atoms with Crippen LogP contribution in [0.3, 0.4) is 0 Å². The van der Waals surface area contributed by atoms with Gasteiger partial charge in [-0.15, -0.1) is 0 Å². The van der Waals surface area contributed by atoms with Crippen LogP contribution >= 0.6 is 0 Å². The predicted molar refractivity (Wildman–Crippen MR) is 63.6 cm³/mol. The van der Waals surface area contributed by atoms with Gasteiger partial charge in [0.15, 0.2) is 0 Å². The lowest BCUT2D eigenvalue weighted by molar-refractivity contribution is -0.136. The molecule has 0 aromatic carbocycles. The topological polar surface area (TPSA) is 70.7 Å². The summed E-state index contributed by atoms with van der Waals surface area (Å²) in [6, 6.07) is 0. The first-order chi connectivity index (χ1) is 8.24. The molecule has 1 aliphatic heterocycles. The highest BCUT2D eigenvalue weighted by Gasteiger charge is 2.16.